The Morgan fingerprint density at radius 3 is 2.90 bits per heavy atom. The zero-order valence-electron chi connectivity index (χ0n) is 11.3. The highest BCUT2D eigenvalue weighted by atomic mass is 16.2. The van der Waals surface area contributed by atoms with Gasteiger partial charge in [-0.3, -0.25) is 4.79 Å². The van der Waals surface area contributed by atoms with Gasteiger partial charge in [0.05, 0.1) is 11.3 Å². The Morgan fingerprint density at radius 2 is 2.05 bits per heavy atom. The maximum absolute atomic E-state index is 12.7. The van der Waals surface area contributed by atoms with Crippen molar-refractivity contribution in [2.24, 2.45) is 0 Å². The lowest BCUT2D eigenvalue weighted by Gasteiger charge is -2.21. The molecule has 0 unspecified atom stereocenters. The summed E-state index contributed by atoms with van der Waals surface area (Å²) in [5.74, 6) is 0.0831. The van der Waals surface area contributed by atoms with Crippen LogP contribution in [0.4, 0.5) is 0 Å². The van der Waals surface area contributed by atoms with Gasteiger partial charge in [0.1, 0.15) is 0 Å². The molecule has 2 heterocycles. The van der Waals surface area contributed by atoms with Crippen molar-refractivity contribution in [3.63, 3.8) is 0 Å². The van der Waals surface area contributed by atoms with Crippen molar-refractivity contribution >= 4 is 5.91 Å². The van der Waals surface area contributed by atoms with Gasteiger partial charge in [-0.15, -0.1) is 0 Å². The van der Waals surface area contributed by atoms with E-state index < -0.39 is 0 Å². The molecule has 1 aliphatic heterocycles. The van der Waals surface area contributed by atoms with E-state index in [0.29, 0.717) is 5.56 Å². The Bertz CT molecular complexity index is 571. The number of hydrogen-bond donors (Lipinski definition) is 1. The molecule has 1 aromatic carbocycles. The molecule has 1 amide bonds. The molecule has 1 N–H and O–H groups in total. The second kappa shape index (κ2) is 5.88. The van der Waals surface area contributed by atoms with Crippen LogP contribution in [0.15, 0.2) is 42.7 Å². The number of hydrogen-bond acceptors (Lipinski definition) is 3. The van der Waals surface area contributed by atoms with Crippen molar-refractivity contribution in [3.05, 3.63) is 48.3 Å². The lowest BCUT2D eigenvalue weighted by Crippen LogP contribution is -2.34. The molecular weight excluding hydrogens is 252 g/mol. The zero-order chi connectivity index (χ0) is 13.8. The SMILES string of the molecule is O=C(c1ccccc1-n1cccn1)N1CCCNCC1. The molecular formula is C15H18N4O. The highest BCUT2D eigenvalue weighted by Gasteiger charge is 2.20. The molecule has 0 atom stereocenters. The van der Waals surface area contributed by atoms with E-state index >= 15 is 0 Å². The van der Waals surface area contributed by atoms with Crippen LogP contribution in [-0.2, 0) is 0 Å². The summed E-state index contributed by atoms with van der Waals surface area (Å²) in [6.07, 6.45) is 4.57. The van der Waals surface area contributed by atoms with Crippen LogP contribution in [0.1, 0.15) is 16.8 Å². The minimum atomic E-state index is 0.0831. The van der Waals surface area contributed by atoms with Gasteiger partial charge in [-0.05, 0) is 31.2 Å². The number of aromatic nitrogens is 2. The molecule has 20 heavy (non-hydrogen) atoms. The molecule has 2 aromatic rings. The Balaban J connectivity index is 1.91. The summed E-state index contributed by atoms with van der Waals surface area (Å²) < 4.78 is 1.74. The molecule has 104 valence electrons. The second-order valence-electron chi connectivity index (χ2n) is 4.86. The first kappa shape index (κ1) is 12.9. The molecule has 3 rings (SSSR count). The third-order valence-electron chi connectivity index (χ3n) is 3.51. The second-order valence-corrected chi connectivity index (χ2v) is 4.86. The molecule has 0 bridgehead atoms. The van der Waals surface area contributed by atoms with E-state index in [0.717, 1.165) is 38.3 Å². The van der Waals surface area contributed by atoms with Crippen LogP contribution in [0.25, 0.3) is 5.69 Å². The van der Waals surface area contributed by atoms with Crippen LogP contribution in [-0.4, -0.2) is 46.8 Å². The van der Waals surface area contributed by atoms with E-state index in [2.05, 4.69) is 10.4 Å². The molecule has 1 fully saturated rings. The lowest BCUT2D eigenvalue weighted by atomic mass is 10.1. The number of nitrogens with zero attached hydrogens (tertiary/aromatic N) is 3. The van der Waals surface area contributed by atoms with E-state index in [-0.39, 0.29) is 5.91 Å². The summed E-state index contributed by atoms with van der Waals surface area (Å²) in [6, 6.07) is 9.49. The smallest absolute Gasteiger partial charge is 0.256 e. The summed E-state index contributed by atoms with van der Waals surface area (Å²) in [5.41, 5.74) is 1.54. The number of nitrogens with one attached hydrogen (secondary N) is 1. The van der Waals surface area contributed by atoms with Gasteiger partial charge in [0.15, 0.2) is 0 Å². The number of carbonyl (C=O) groups is 1. The largest absolute Gasteiger partial charge is 0.337 e. The van der Waals surface area contributed by atoms with Gasteiger partial charge >= 0.3 is 0 Å². The van der Waals surface area contributed by atoms with Gasteiger partial charge in [0, 0.05) is 32.0 Å². The quantitative estimate of drug-likeness (QED) is 0.895. The maximum atomic E-state index is 12.7. The topological polar surface area (TPSA) is 50.2 Å². The zero-order valence-corrected chi connectivity index (χ0v) is 11.3. The fourth-order valence-corrected chi connectivity index (χ4v) is 2.48. The highest BCUT2D eigenvalue weighted by molar-refractivity contribution is 5.97. The first-order chi connectivity index (χ1) is 9.86. The van der Waals surface area contributed by atoms with E-state index in [1.54, 1.807) is 10.9 Å². The monoisotopic (exact) mass is 270 g/mol. The van der Waals surface area contributed by atoms with E-state index in [9.17, 15) is 4.79 Å². The van der Waals surface area contributed by atoms with Gasteiger partial charge in [0.25, 0.3) is 5.91 Å². The third-order valence-corrected chi connectivity index (χ3v) is 3.51. The lowest BCUT2D eigenvalue weighted by molar-refractivity contribution is 0.0766. The van der Waals surface area contributed by atoms with Crippen molar-refractivity contribution in [1.82, 2.24) is 20.0 Å². The number of rotatable bonds is 2. The van der Waals surface area contributed by atoms with Crippen molar-refractivity contribution < 1.29 is 4.79 Å². The van der Waals surface area contributed by atoms with Crippen molar-refractivity contribution in [2.45, 2.75) is 6.42 Å². The van der Waals surface area contributed by atoms with Crippen LogP contribution < -0.4 is 5.32 Å². The summed E-state index contributed by atoms with van der Waals surface area (Å²) in [5, 5.41) is 7.54. The van der Waals surface area contributed by atoms with E-state index in [4.69, 9.17) is 0 Å². The average molecular weight is 270 g/mol. The molecule has 0 radical (unpaired) electrons. The summed E-state index contributed by atoms with van der Waals surface area (Å²) in [6.45, 7) is 3.39. The fraction of sp³-hybridized carbons (Fsp3) is 0.333. The normalized spacial score (nSPS) is 15.9. The van der Waals surface area contributed by atoms with Crippen LogP contribution in [0.5, 0.6) is 0 Å². The Hall–Kier alpha value is -2.14. The summed E-state index contributed by atoms with van der Waals surface area (Å²) in [4.78, 5) is 14.6. The first-order valence-electron chi connectivity index (χ1n) is 6.95. The number of para-hydroxylation sites is 1. The van der Waals surface area contributed by atoms with E-state index in [1.165, 1.54) is 0 Å². The molecule has 0 aliphatic carbocycles. The Kier molecular flexibility index (Phi) is 3.78. The van der Waals surface area contributed by atoms with Gasteiger partial charge in [-0.1, -0.05) is 12.1 Å². The summed E-state index contributed by atoms with van der Waals surface area (Å²) in [7, 11) is 0. The van der Waals surface area contributed by atoms with Crippen molar-refractivity contribution in [2.75, 3.05) is 26.2 Å². The van der Waals surface area contributed by atoms with Crippen LogP contribution >= 0.6 is 0 Å². The predicted molar refractivity (Wildman–Crippen MR) is 77.0 cm³/mol. The van der Waals surface area contributed by atoms with Gasteiger partial charge in [-0.25, -0.2) is 4.68 Å². The van der Waals surface area contributed by atoms with Crippen molar-refractivity contribution in [1.29, 1.82) is 0 Å². The average Bonchev–Trinajstić information content (AvgIpc) is 2.89. The minimum absolute atomic E-state index is 0.0831. The number of carbonyl (C=O) groups excluding carboxylic acids is 1. The van der Waals surface area contributed by atoms with Crippen LogP contribution in [0.2, 0.25) is 0 Å². The first-order valence-corrected chi connectivity index (χ1v) is 6.95. The van der Waals surface area contributed by atoms with Gasteiger partial charge < -0.3 is 10.2 Å². The molecule has 1 aromatic heterocycles. The number of amides is 1. The van der Waals surface area contributed by atoms with Gasteiger partial charge in [0.2, 0.25) is 0 Å². The molecule has 1 saturated heterocycles. The maximum Gasteiger partial charge on any atom is 0.256 e. The van der Waals surface area contributed by atoms with Crippen LogP contribution in [0.3, 0.4) is 0 Å². The third kappa shape index (κ3) is 2.58. The minimum Gasteiger partial charge on any atom is -0.337 e. The number of benzene rings is 1. The molecule has 1 aliphatic rings. The van der Waals surface area contributed by atoms with Gasteiger partial charge in [-0.2, -0.15) is 5.10 Å². The Morgan fingerprint density at radius 1 is 1.15 bits per heavy atom. The highest BCUT2D eigenvalue weighted by Crippen LogP contribution is 2.16. The van der Waals surface area contributed by atoms with Crippen molar-refractivity contribution in [3.8, 4) is 5.69 Å². The Labute approximate surface area is 118 Å². The molecule has 5 heteroatoms. The standard InChI is InChI=1S/C15H18N4O/c20-15(18-10-3-7-16-9-12-18)13-5-1-2-6-14(13)19-11-4-8-17-19/h1-2,4-6,8,11,16H,3,7,9-10,12H2. The predicted octanol–water partition coefficient (Wildman–Crippen LogP) is 1.31. The fourth-order valence-electron chi connectivity index (χ4n) is 2.48. The van der Waals surface area contributed by atoms with Crippen LogP contribution in [0, 0.1) is 0 Å². The molecule has 5 nitrogen and oxygen atoms in total. The molecule has 0 saturated carbocycles. The van der Waals surface area contributed by atoms with E-state index in [1.807, 2.05) is 41.4 Å². The summed E-state index contributed by atoms with van der Waals surface area (Å²) >= 11 is 0. The molecule has 0 spiro atoms.